The van der Waals surface area contributed by atoms with Crippen LogP contribution < -0.4 is 16.2 Å². The maximum absolute atomic E-state index is 12.1. The number of hydrogen-bond acceptors (Lipinski definition) is 3. The minimum atomic E-state index is -0.192. The zero-order valence-corrected chi connectivity index (χ0v) is 9.92. The van der Waals surface area contributed by atoms with Crippen LogP contribution in [0.15, 0.2) is 47.4 Å². The van der Waals surface area contributed by atoms with E-state index >= 15 is 0 Å². The van der Waals surface area contributed by atoms with Crippen LogP contribution in [0, 0.1) is 0 Å². The molecule has 0 radical (unpaired) electrons. The van der Waals surface area contributed by atoms with Gasteiger partial charge in [-0.2, -0.15) is 0 Å². The lowest BCUT2D eigenvalue weighted by atomic mass is 10.2. The van der Waals surface area contributed by atoms with Crippen molar-refractivity contribution >= 4 is 11.4 Å². The molecule has 17 heavy (non-hydrogen) atoms. The van der Waals surface area contributed by atoms with Gasteiger partial charge in [-0.1, -0.05) is 18.2 Å². The van der Waals surface area contributed by atoms with E-state index in [4.69, 9.17) is 5.73 Å². The number of anilines is 2. The third kappa shape index (κ3) is 2.01. The zero-order valence-electron chi connectivity index (χ0n) is 9.92. The van der Waals surface area contributed by atoms with Crippen molar-refractivity contribution in [3.05, 3.63) is 52.9 Å². The van der Waals surface area contributed by atoms with Crippen LogP contribution in [-0.4, -0.2) is 18.7 Å². The summed E-state index contributed by atoms with van der Waals surface area (Å²) in [6.07, 6.45) is 1.74. The molecule has 2 N–H and O–H groups in total. The Bertz CT molecular complexity index is 573. The van der Waals surface area contributed by atoms with Crippen molar-refractivity contribution in [1.29, 1.82) is 0 Å². The lowest BCUT2D eigenvalue weighted by Crippen LogP contribution is -2.24. The summed E-state index contributed by atoms with van der Waals surface area (Å²) in [5, 5.41) is 0. The SMILES string of the molecule is CN(C)c1ccn(-c2ccccc2)c(=O)c1N. The molecule has 0 atom stereocenters. The topological polar surface area (TPSA) is 51.3 Å². The molecule has 0 aliphatic rings. The summed E-state index contributed by atoms with van der Waals surface area (Å²) in [6.45, 7) is 0. The molecule has 0 saturated heterocycles. The predicted octanol–water partition coefficient (Wildman–Crippen LogP) is 1.49. The van der Waals surface area contributed by atoms with Crippen molar-refractivity contribution < 1.29 is 0 Å². The molecular weight excluding hydrogens is 214 g/mol. The first-order valence-electron chi connectivity index (χ1n) is 5.35. The molecule has 88 valence electrons. The third-order valence-electron chi connectivity index (χ3n) is 2.62. The van der Waals surface area contributed by atoms with Crippen LogP contribution in [-0.2, 0) is 0 Å². The lowest BCUT2D eigenvalue weighted by Gasteiger charge is -2.16. The quantitative estimate of drug-likeness (QED) is 0.848. The van der Waals surface area contributed by atoms with Gasteiger partial charge in [-0.25, -0.2) is 0 Å². The number of nitrogen functional groups attached to an aromatic ring is 1. The highest BCUT2D eigenvalue weighted by Crippen LogP contribution is 2.17. The van der Waals surface area contributed by atoms with Gasteiger partial charge in [0.25, 0.3) is 5.56 Å². The van der Waals surface area contributed by atoms with E-state index < -0.39 is 0 Å². The van der Waals surface area contributed by atoms with Gasteiger partial charge < -0.3 is 10.6 Å². The van der Waals surface area contributed by atoms with E-state index in [0.29, 0.717) is 0 Å². The highest BCUT2D eigenvalue weighted by molar-refractivity contribution is 5.66. The number of hydrogen-bond donors (Lipinski definition) is 1. The van der Waals surface area contributed by atoms with Gasteiger partial charge in [0.15, 0.2) is 0 Å². The van der Waals surface area contributed by atoms with Gasteiger partial charge in [0.2, 0.25) is 0 Å². The van der Waals surface area contributed by atoms with Gasteiger partial charge in [0.1, 0.15) is 5.69 Å². The van der Waals surface area contributed by atoms with Crippen molar-refractivity contribution in [1.82, 2.24) is 4.57 Å². The van der Waals surface area contributed by atoms with Crippen molar-refractivity contribution in [2.75, 3.05) is 24.7 Å². The van der Waals surface area contributed by atoms with E-state index in [2.05, 4.69) is 0 Å². The Morgan fingerprint density at radius 2 is 1.76 bits per heavy atom. The highest BCUT2D eigenvalue weighted by Gasteiger charge is 2.08. The summed E-state index contributed by atoms with van der Waals surface area (Å²) >= 11 is 0. The van der Waals surface area contributed by atoms with Crippen molar-refractivity contribution in [3.63, 3.8) is 0 Å². The minimum Gasteiger partial charge on any atom is -0.393 e. The van der Waals surface area contributed by atoms with E-state index in [9.17, 15) is 4.79 Å². The Morgan fingerprint density at radius 3 is 2.35 bits per heavy atom. The molecule has 1 heterocycles. The number of nitrogens with zero attached hydrogens (tertiary/aromatic N) is 2. The molecule has 0 spiro atoms. The first-order valence-corrected chi connectivity index (χ1v) is 5.35. The molecule has 1 aromatic heterocycles. The number of aromatic nitrogens is 1. The van der Waals surface area contributed by atoms with E-state index in [1.807, 2.05) is 55.4 Å². The molecule has 4 heteroatoms. The van der Waals surface area contributed by atoms with Crippen LogP contribution in [0.1, 0.15) is 0 Å². The molecule has 0 unspecified atom stereocenters. The molecule has 2 aromatic rings. The Hall–Kier alpha value is -2.23. The lowest BCUT2D eigenvalue weighted by molar-refractivity contribution is 0.983. The molecule has 0 amide bonds. The van der Waals surface area contributed by atoms with Crippen LogP contribution in [0.2, 0.25) is 0 Å². The molecule has 0 bridgehead atoms. The number of pyridine rings is 1. The van der Waals surface area contributed by atoms with Gasteiger partial charge in [-0.3, -0.25) is 9.36 Å². The Kier molecular flexibility index (Phi) is 2.87. The first kappa shape index (κ1) is 11.3. The number of para-hydroxylation sites is 1. The summed E-state index contributed by atoms with van der Waals surface area (Å²) in [5.74, 6) is 0. The summed E-state index contributed by atoms with van der Waals surface area (Å²) in [5.41, 5.74) is 7.47. The van der Waals surface area contributed by atoms with Crippen molar-refractivity contribution in [2.24, 2.45) is 0 Å². The van der Waals surface area contributed by atoms with E-state index in [1.54, 1.807) is 10.8 Å². The van der Waals surface area contributed by atoms with Crippen LogP contribution in [0.3, 0.4) is 0 Å². The maximum Gasteiger partial charge on any atom is 0.280 e. The Labute approximate surface area is 99.9 Å². The average Bonchev–Trinajstić information content (AvgIpc) is 2.33. The molecule has 4 nitrogen and oxygen atoms in total. The fraction of sp³-hybridized carbons (Fsp3) is 0.154. The van der Waals surface area contributed by atoms with Crippen LogP contribution in [0.4, 0.5) is 11.4 Å². The van der Waals surface area contributed by atoms with E-state index in [1.165, 1.54) is 0 Å². The predicted molar refractivity (Wildman–Crippen MR) is 70.8 cm³/mol. The maximum atomic E-state index is 12.1. The molecule has 0 aliphatic carbocycles. The summed E-state index contributed by atoms with van der Waals surface area (Å²) < 4.78 is 1.54. The summed E-state index contributed by atoms with van der Waals surface area (Å²) in [7, 11) is 3.72. The molecule has 0 saturated carbocycles. The summed E-state index contributed by atoms with van der Waals surface area (Å²) in [6, 6.07) is 11.3. The van der Waals surface area contributed by atoms with Crippen LogP contribution in [0.25, 0.3) is 5.69 Å². The monoisotopic (exact) mass is 229 g/mol. The van der Waals surface area contributed by atoms with Gasteiger partial charge >= 0.3 is 0 Å². The number of benzene rings is 1. The molecule has 2 rings (SSSR count). The largest absolute Gasteiger partial charge is 0.393 e. The highest BCUT2D eigenvalue weighted by atomic mass is 16.1. The molecule has 0 aliphatic heterocycles. The second-order valence-electron chi connectivity index (χ2n) is 4.02. The van der Waals surface area contributed by atoms with Crippen molar-refractivity contribution in [3.8, 4) is 5.69 Å². The smallest absolute Gasteiger partial charge is 0.280 e. The standard InChI is InChI=1S/C13H15N3O/c1-15(2)11-8-9-16(13(17)12(11)14)10-6-4-3-5-7-10/h3-9H,14H2,1-2H3. The molecular formula is C13H15N3O. The first-order chi connectivity index (χ1) is 8.11. The van der Waals surface area contributed by atoms with E-state index in [0.717, 1.165) is 11.4 Å². The minimum absolute atomic E-state index is 0.192. The second-order valence-corrected chi connectivity index (χ2v) is 4.02. The van der Waals surface area contributed by atoms with Gasteiger partial charge in [0.05, 0.1) is 5.69 Å². The Balaban J connectivity index is 2.60. The summed E-state index contributed by atoms with van der Waals surface area (Å²) in [4.78, 5) is 13.9. The number of nitrogens with two attached hydrogens (primary N) is 1. The van der Waals surface area contributed by atoms with Crippen molar-refractivity contribution in [2.45, 2.75) is 0 Å². The average molecular weight is 229 g/mol. The zero-order chi connectivity index (χ0) is 12.4. The van der Waals surface area contributed by atoms with Crippen LogP contribution >= 0.6 is 0 Å². The Morgan fingerprint density at radius 1 is 1.12 bits per heavy atom. The van der Waals surface area contributed by atoms with Gasteiger partial charge in [0, 0.05) is 26.0 Å². The fourth-order valence-electron chi connectivity index (χ4n) is 1.72. The second kappa shape index (κ2) is 4.33. The third-order valence-corrected chi connectivity index (χ3v) is 2.62. The molecule has 1 aromatic carbocycles. The van der Waals surface area contributed by atoms with E-state index in [-0.39, 0.29) is 11.2 Å². The van der Waals surface area contributed by atoms with Gasteiger partial charge in [-0.05, 0) is 18.2 Å². The normalized spacial score (nSPS) is 10.2. The van der Waals surface area contributed by atoms with Crippen LogP contribution in [0.5, 0.6) is 0 Å². The fourth-order valence-corrected chi connectivity index (χ4v) is 1.72. The van der Waals surface area contributed by atoms with Gasteiger partial charge in [-0.15, -0.1) is 0 Å². The molecule has 0 fully saturated rings. The number of rotatable bonds is 2.